The van der Waals surface area contributed by atoms with E-state index in [9.17, 15) is 4.79 Å². The van der Waals surface area contributed by atoms with Crippen LogP contribution in [0.4, 0.5) is 0 Å². The van der Waals surface area contributed by atoms with Crippen molar-refractivity contribution < 1.29 is 0 Å². The van der Waals surface area contributed by atoms with Crippen molar-refractivity contribution in [3.8, 4) is 11.3 Å². The molecule has 2 N–H and O–H groups in total. The molecule has 0 amide bonds. The van der Waals surface area contributed by atoms with Gasteiger partial charge in [0.05, 0.1) is 5.69 Å². The van der Waals surface area contributed by atoms with Crippen LogP contribution < -0.4 is 10.9 Å². The van der Waals surface area contributed by atoms with Crippen LogP contribution in [0.3, 0.4) is 0 Å². The lowest BCUT2D eigenvalue weighted by molar-refractivity contribution is 0.444. The van der Waals surface area contributed by atoms with Crippen molar-refractivity contribution in [1.29, 1.82) is 0 Å². The van der Waals surface area contributed by atoms with Gasteiger partial charge >= 0.3 is 0 Å². The number of hydrogen-bond donors (Lipinski definition) is 2. The fourth-order valence-electron chi connectivity index (χ4n) is 2.72. The number of aromatic nitrogens is 2. The van der Waals surface area contributed by atoms with Gasteiger partial charge < -0.3 is 10.3 Å². The van der Waals surface area contributed by atoms with E-state index in [4.69, 9.17) is 4.98 Å². The van der Waals surface area contributed by atoms with E-state index in [1.54, 1.807) is 0 Å². The minimum absolute atomic E-state index is 0.0209. The Morgan fingerprint density at radius 3 is 2.55 bits per heavy atom. The fourth-order valence-corrected chi connectivity index (χ4v) is 2.72. The lowest BCUT2D eigenvalue weighted by Gasteiger charge is -2.22. The summed E-state index contributed by atoms with van der Waals surface area (Å²) in [5, 5.41) is 3.34. The third-order valence-electron chi connectivity index (χ3n) is 3.94. The van der Waals surface area contributed by atoms with Crippen LogP contribution in [0.15, 0.2) is 35.1 Å². The van der Waals surface area contributed by atoms with E-state index in [0.717, 1.165) is 43.0 Å². The molecule has 1 saturated heterocycles. The molecule has 2 aromatic rings. The van der Waals surface area contributed by atoms with Crippen molar-refractivity contribution in [2.75, 3.05) is 13.1 Å². The van der Waals surface area contributed by atoms with Crippen molar-refractivity contribution >= 4 is 0 Å². The average Bonchev–Trinajstić information content (AvgIpc) is 2.51. The number of benzene rings is 1. The second-order valence-electron chi connectivity index (χ2n) is 5.32. The third kappa shape index (κ3) is 2.51. The Morgan fingerprint density at radius 1 is 1.15 bits per heavy atom. The second kappa shape index (κ2) is 5.59. The van der Waals surface area contributed by atoms with Gasteiger partial charge in [0.25, 0.3) is 5.56 Å². The zero-order chi connectivity index (χ0) is 13.9. The minimum atomic E-state index is -0.0209. The molecule has 3 rings (SSSR count). The van der Waals surface area contributed by atoms with E-state index < -0.39 is 0 Å². The number of hydrogen-bond acceptors (Lipinski definition) is 3. The quantitative estimate of drug-likeness (QED) is 0.879. The van der Waals surface area contributed by atoms with Crippen LogP contribution in [-0.2, 0) is 0 Å². The second-order valence-corrected chi connectivity index (χ2v) is 5.32. The topological polar surface area (TPSA) is 57.8 Å². The van der Waals surface area contributed by atoms with Gasteiger partial charge in [0.2, 0.25) is 0 Å². The monoisotopic (exact) mass is 269 g/mol. The normalized spacial score (nSPS) is 16.2. The molecule has 0 radical (unpaired) electrons. The van der Waals surface area contributed by atoms with E-state index in [-0.39, 0.29) is 5.56 Å². The summed E-state index contributed by atoms with van der Waals surface area (Å²) in [5.41, 5.74) is 2.48. The highest BCUT2D eigenvalue weighted by Crippen LogP contribution is 2.25. The molecular weight excluding hydrogens is 250 g/mol. The van der Waals surface area contributed by atoms with Gasteiger partial charge in [0.15, 0.2) is 0 Å². The molecule has 0 aliphatic carbocycles. The summed E-state index contributed by atoms with van der Waals surface area (Å²) in [7, 11) is 0. The molecule has 0 spiro atoms. The van der Waals surface area contributed by atoms with Gasteiger partial charge in [-0.05, 0) is 32.9 Å². The Labute approximate surface area is 118 Å². The van der Waals surface area contributed by atoms with Crippen molar-refractivity contribution in [2.45, 2.75) is 25.7 Å². The maximum absolute atomic E-state index is 12.2. The highest BCUT2D eigenvalue weighted by atomic mass is 16.1. The molecule has 4 heteroatoms. The van der Waals surface area contributed by atoms with E-state index >= 15 is 0 Å². The zero-order valence-electron chi connectivity index (χ0n) is 11.6. The first-order valence-corrected chi connectivity index (χ1v) is 7.12. The highest BCUT2D eigenvalue weighted by molar-refractivity contribution is 5.62. The number of rotatable bonds is 2. The summed E-state index contributed by atoms with van der Waals surface area (Å²) >= 11 is 0. The Bertz CT molecular complexity index is 643. The molecule has 20 heavy (non-hydrogen) atoms. The lowest BCUT2D eigenvalue weighted by atomic mass is 9.96. The van der Waals surface area contributed by atoms with Crippen LogP contribution in [0.5, 0.6) is 0 Å². The van der Waals surface area contributed by atoms with Crippen molar-refractivity contribution in [3.63, 3.8) is 0 Å². The molecule has 2 heterocycles. The predicted molar refractivity (Wildman–Crippen MR) is 79.9 cm³/mol. The molecule has 0 unspecified atom stereocenters. The molecule has 0 bridgehead atoms. The average molecular weight is 269 g/mol. The standard InChI is InChI=1S/C16H19N3O/c1-11-14(12-5-3-2-4-6-12)18-15(19-16(11)20)13-7-9-17-10-8-13/h2-6,13,17H,7-10H2,1H3,(H,18,19,20). The Hall–Kier alpha value is -1.94. The number of aromatic amines is 1. The SMILES string of the molecule is Cc1c(-c2ccccc2)nc(C2CCNCC2)[nH]c1=O. The van der Waals surface area contributed by atoms with Crippen LogP contribution in [0.2, 0.25) is 0 Å². The first-order valence-electron chi connectivity index (χ1n) is 7.12. The van der Waals surface area contributed by atoms with Gasteiger partial charge in [-0.25, -0.2) is 4.98 Å². The van der Waals surface area contributed by atoms with Gasteiger partial charge in [-0.3, -0.25) is 4.79 Å². The van der Waals surface area contributed by atoms with Crippen molar-refractivity contribution in [1.82, 2.24) is 15.3 Å². The summed E-state index contributed by atoms with van der Waals surface area (Å²) in [6, 6.07) is 9.92. The zero-order valence-corrected chi connectivity index (χ0v) is 11.6. The summed E-state index contributed by atoms with van der Waals surface area (Å²) in [6.45, 7) is 3.81. The first-order chi connectivity index (χ1) is 9.75. The van der Waals surface area contributed by atoms with Crippen molar-refractivity contribution in [2.24, 2.45) is 0 Å². The maximum atomic E-state index is 12.2. The molecule has 0 atom stereocenters. The Morgan fingerprint density at radius 2 is 1.85 bits per heavy atom. The summed E-state index contributed by atoms with van der Waals surface area (Å²) < 4.78 is 0. The number of H-pyrrole nitrogens is 1. The van der Waals surface area contributed by atoms with Crippen LogP contribution in [0.1, 0.15) is 30.1 Å². The molecule has 1 aromatic carbocycles. The van der Waals surface area contributed by atoms with Crippen LogP contribution >= 0.6 is 0 Å². The van der Waals surface area contributed by atoms with E-state index in [1.807, 2.05) is 37.3 Å². The fraction of sp³-hybridized carbons (Fsp3) is 0.375. The first kappa shape index (κ1) is 13.1. The summed E-state index contributed by atoms with van der Waals surface area (Å²) in [5.74, 6) is 1.19. The van der Waals surface area contributed by atoms with Gasteiger partial charge in [-0.15, -0.1) is 0 Å². The molecule has 0 saturated carbocycles. The number of nitrogens with zero attached hydrogens (tertiary/aromatic N) is 1. The molecule has 1 aromatic heterocycles. The minimum Gasteiger partial charge on any atom is -0.317 e. The number of nitrogens with one attached hydrogen (secondary N) is 2. The lowest BCUT2D eigenvalue weighted by Crippen LogP contribution is -2.29. The molecule has 104 valence electrons. The molecule has 1 fully saturated rings. The van der Waals surface area contributed by atoms with Gasteiger partial charge in [-0.1, -0.05) is 30.3 Å². The van der Waals surface area contributed by atoms with E-state index in [0.29, 0.717) is 11.5 Å². The summed E-state index contributed by atoms with van der Waals surface area (Å²) in [4.78, 5) is 19.9. The van der Waals surface area contributed by atoms with Gasteiger partial charge in [0, 0.05) is 17.0 Å². The molecule has 4 nitrogen and oxygen atoms in total. The van der Waals surface area contributed by atoms with Gasteiger partial charge in [0.1, 0.15) is 5.82 Å². The Balaban J connectivity index is 2.06. The van der Waals surface area contributed by atoms with E-state index in [2.05, 4.69) is 10.3 Å². The van der Waals surface area contributed by atoms with Gasteiger partial charge in [-0.2, -0.15) is 0 Å². The smallest absolute Gasteiger partial charge is 0.254 e. The van der Waals surface area contributed by atoms with Crippen LogP contribution in [0, 0.1) is 6.92 Å². The van der Waals surface area contributed by atoms with Crippen LogP contribution in [0.25, 0.3) is 11.3 Å². The summed E-state index contributed by atoms with van der Waals surface area (Å²) in [6.07, 6.45) is 2.06. The Kier molecular flexibility index (Phi) is 3.65. The molecule has 1 aliphatic heterocycles. The van der Waals surface area contributed by atoms with Crippen molar-refractivity contribution in [3.05, 3.63) is 52.1 Å². The molecular formula is C16H19N3O. The van der Waals surface area contributed by atoms with E-state index in [1.165, 1.54) is 0 Å². The third-order valence-corrected chi connectivity index (χ3v) is 3.94. The highest BCUT2D eigenvalue weighted by Gasteiger charge is 2.19. The largest absolute Gasteiger partial charge is 0.317 e. The maximum Gasteiger partial charge on any atom is 0.254 e. The molecule has 1 aliphatic rings. The number of piperidine rings is 1. The van der Waals surface area contributed by atoms with Crippen LogP contribution in [-0.4, -0.2) is 23.1 Å². The predicted octanol–water partition coefficient (Wildman–Crippen LogP) is 2.21.